The van der Waals surface area contributed by atoms with Crippen LogP contribution in [-0.2, 0) is 0 Å². The minimum atomic E-state index is 0.949. The van der Waals surface area contributed by atoms with Crippen molar-refractivity contribution < 1.29 is 0 Å². The van der Waals surface area contributed by atoms with E-state index in [9.17, 15) is 0 Å². The number of rotatable bonds is 1. The molecule has 2 rings (SSSR count). The number of hydrogen-bond donors (Lipinski definition) is 0. The van der Waals surface area contributed by atoms with E-state index in [1.54, 1.807) is 0 Å². The summed E-state index contributed by atoms with van der Waals surface area (Å²) in [7, 11) is 0. The lowest BCUT2D eigenvalue weighted by Gasteiger charge is -2.34. The Balaban J connectivity index is 1.89. The smallest absolute Gasteiger partial charge is 0.0121 e. The van der Waals surface area contributed by atoms with Crippen molar-refractivity contribution in [2.45, 2.75) is 51.5 Å². The molecule has 1 heterocycles. The largest absolute Gasteiger partial charge is 0.300 e. The van der Waals surface area contributed by atoms with Crippen LogP contribution in [0.5, 0.6) is 0 Å². The van der Waals surface area contributed by atoms with Crippen LogP contribution >= 0.6 is 0 Å². The van der Waals surface area contributed by atoms with Crippen LogP contribution in [0.15, 0.2) is 0 Å². The molecule has 0 aromatic rings. The minimum absolute atomic E-state index is 0.949. The molecule has 1 nitrogen and oxygen atoms in total. The summed E-state index contributed by atoms with van der Waals surface area (Å²) in [5.41, 5.74) is 0. The average molecular weight is 167 g/mol. The third kappa shape index (κ3) is 1.66. The summed E-state index contributed by atoms with van der Waals surface area (Å²) >= 11 is 0. The Morgan fingerprint density at radius 3 is 2.25 bits per heavy atom. The zero-order valence-electron chi connectivity index (χ0n) is 8.26. The van der Waals surface area contributed by atoms with E-state index in [-0.39, 0.29) is 0 Å². The van der Waals surface area contributed by atoms with Gasteiger partial charge in [-0.25, -0.2) is 0 Å². The first-order chi connectivity index (χ1) is 5.88. The molecule has 1 unspecified atom stereocenters. The Kier molecular flexibility index (Phi) is 2.69. The summed E-state index contributed by atoms with van der Waals surface area (Å²) in [6.07, 6.45) is 8.79. The number of likely N-dealkylation sites (tertiary alicyclic amines) is 1. The second-order valence-corrected chi connectivity index (χ2v) is 4.57. The SMILES string of the molecule is C[C@@H]1CCCC1N1CCCCC1. The first-order valence-electron chi connectivity index (χ1n) is 5.62. The standard InChI is InChI=1S/C11H21N/c1-10-6-5-7-11(10)12-8-3-2-4-9-12/h10-11H,2-9H2,1H3/t10-,11?/m1/s1. The molecule has 0 aromatic carbocycles. The molecule has 0 radical (unpaired) electrons. The summed E-state index contributed by atoms with van der Waals surface area (Å²) in [6.45, 7) is 5.20. The van der Waals surface area contributed by atoms with Gasteiger partial charge in [0.25, 0.3) is 0 Å². The van der Waals surface area contributed by atoms with Gasteiger partial charge >= 0.3 is 0 Å². The van der Waals surface area contributed by atoms with Gasteiger partial charge in [-0.15, -0.1) is 0 Å². The molecule has 0 N–H and O–H groups in total. The molecule has 2 fully saturated rings. The lowest BCUT2D eigenvalue weighted by Crippen LogP contribution is -2.40. The highest BCUT2D eigenvalue weighted by molar-refractivity contribution is 4.84. The van der Waals surface area contributed by atoms with Crippen molar-refractivity contribution in [1.29, 1.82) is 0 Å². The van der Waals surface area contributed by atoms with Crippen molar-refractivity contribution in [2.24, 2.45) is 5.92 Å². The van der Waals surface area contributed by atoms with E-state index in [1.165, 1.54) is 51.6 Å². The first-order valence-corrected chi connectivity index (χ1v) is 5.62. The highest BCUT2D eigenvalue weighted by atomic mass is 15.2. The Labute approximate surface area is 76.1 Å². The van der Waals surface area contributed by atoms with E-state index in [0.717, 1.165) is 12.0 Å². The van der Waals surface area contributed by atoms with Crippen LogP contribution < -0.4 is 0 Å². The predicted octanol–water partition coefficient (Wildman–Crippen LogP) is 2.66. The monoisotopic (exact) mass is 167 g/mol. The molecule has 0 amide bonds. The normalized spacial score (nSPS) is 38.8. The van der Waals surface area contributed by atoms with Gasteiger partial charge in [0, 0.05) is 6.04 Å². The molecule has 0 aromatic heterocycles. The molecule has 70 valence electrons. The maximum Gasteiger partial charge on any atom is 0.0121 e. The van der Waals surface area contributed by atoms with Gasteiger partial charge in [0.05, 0.1) is 0 Å². The predicted molar refractivity (Wildman–Crippen MR) is 52.2 cm³/mol. The number of piperidine rings is 1. The van der Waals surface area contributed by atoms with Gasteiger partial charge in [-0.2, -0.15) is 0 Å². The average Bonchev–Trinajstić information content (AvgIpc) is 2.53. The van der Waals surface area contributed by atoms with Gasteiger partial charge in [-0.3, -0.25) is 0 Å². The molecular weight excluding hydrogens is 146 g/mol. The summed E-state index contributed by atoms with van der Waals surface area (Å²) in [5.74, 6) is 0.975. The Bertz CT molecular complexity index is 138. The van der Waals surface area contributed by atoms with E-state index in [2.05, 4.69) is 11.8 Å². The van der Waals surface area contributed by atoms with E-state index in [4.69, 9.17) is 0 Å². The lowest BCUT2D eigenvalue weighted by molar-refractivity contribution is 0.138. The van der Waals surface area contributed by atoms with Crippen molar-refractivity contribution in [2.75, 3.05) is 13.1 Å². The van der Waals surface area contributed by atoms with Crippen LogP contribution in [0.4, 0.5) is 0 Å². The molecule has 1 aliphatic carbocycles. The van der Waals surface area contributed by atoms with Gasteiger partial charge in [0.2, 0.25) is 0 Å². The van der Waals surface area contributed by atoms with Gasteiger partial charge in [0.15, 0.2) is 0 Å². The second-order valence-electron chi connectivity index (χ2n) is 4.57. The molecular formula is C11H21N. The molecule has 0 spiro atoms. The van der Waals surface area contributed by atoms with E-state index in [0.29, 0.717) is 0 Å². The quantitative estimate of drug-likeness (QED) is 0.580. The number of nitrogens with zero attached hydrogens (tertiary/aromatic N) is 1. The van der Waals surface area contributed by atoms with Gasteiger partial charge in [-0.05, 0) is 44.7 Å². The Morgan fingerprint density at radius 1 is 0.917 bits per heavy atom. The van der Waals surface area contributed by atoms with Crippen molar-refractivity contribution in [1.82, 2.24) is 4.90 Å². The molecule has 12 heavy (non-hydrogen) atoms. The summed E-state index contributed by atoms with van der Waals surface area (Å²) in [4.78, 5) is 2.75. The molecule has 2 atom stereocenters. The molecule has 0 bridgehead atoms. The summed E-state index contributed by atoms with van der Waals surface area (Å²) in [5, 5.41) is 0. The van der Waals surface area contributed by atoms with Crippen LogP contribution in [0.3, 0.4) is 0 Å². The number of hydrogen-bond acceptors (Lipinski definition) is 1. The van der Waals surface area contributed by atoms with Crippen molar-refractivity contribution in [3.05, 3.63) is 0 Å². The van der Waals surface area contributed by atoms with Gasteiger partial charge < -0.3 is 4.90 Å². The maximum absolute atomic E-state index is 2.75. The second kappa shape index (κ2) is 3.78. The van der Waals surface area contributed by atoms with Crippen LogP contribution in [-0.4, -0.2) is 24.0 Å². The molecule has 1 saturated heterocycles. The fourth-order valence-electron chi connectivity index (χ4n) is 2.92. The summed E-state index contributed by atoms with van der Waals surface area (Å²) < 4.78 is 0. The van der Waals surface area contributed by atoms with Gasteiger partial charge in [0.1, 0.15) is 0 Å². The van der Waals surface area contributed by atoms with Crippen LogP contribution in [0, 0.1) is 5.92 Å². The molecule has 2 aliphatic rings. The minimum Gasteiger partial charge on any atom is -0.300 e. The molecule has 1 saturated carbocycles. The molecule has 1 aliphatic heterocycles. The highest BCUT2D eigenvalue weighted by Gasteiger charge is 2.29. The van der Waals surface area contributed by atoms with E-state index >= 15 is 0 Å². The van der Waals surface area contributed by atoms with Crippen LogP contribution in [0.25, 0.3) is 0 Å². The summed E-state index contributed by atoms with van der Waals surface area (Å²) in [6, 6.07) is 0.949. The van der Waals surface area contributed by atoms with Crippen LogP contribution in [0.2, 0.25) is 0 Å². The Hall–Kier alpha value is -0.0400. The first kappa shape index (κ1) is 8.55. The lowest BCUT2D eigenvalue weighted by atomic mass is 10.0. The van der Waals surface area contributed by atoms with Crippen molar-refractivity contribution >= 4 is 0 Å². The van der Waals surface area contributed by atoms with E-state index < -0.39 is 0 Å². The van der Waals surface area contributed by atoms with E-state index in [1.807, 2.05) is 0 Å². The fraction of sp³-hybridized carbons (Fsp3) is 1.00. The Morgan fingerprint density at radius 2 is 1.67 bits per heavy atom. The van der Waals surface area contributed by atoms with Gasteiger partial charge in [-0.1, -0.05) is 19.8 Å². The fourth-order valence-corrected chi connectivity index (χ4v) is 2.92. The van der Waals surface area contributed by atoms with Crippen molar-refractivity contribution in [3.63, 3.8) is 0 Å². The topological polar surface area (TPSA) is 3.24 Å². The third-order valence-electron chi connectivity index (χ3n) is 3.68. The van der Waals surface area contributed by atoms with Crippen molar-refractivity contribution in [3.8, 4) is 0 Å². The highest BCUT2D eigenvalue weighted by Crippen LogP contribution is 2.30. The third-order valence-corrected chi connectivity index (χ3v) is 3.68. The molecule has 1 heteroatoms. The van der Waals surface area contributed by atoms with Crippen LogP contribution in [0.1, 0.15) is 45.4 Å². The maximum atomic E-state index is 2.75. The zero-order valence-corrected chi connectivity index (χ0v) is 8.26. The zero-order chi connectivity index (χ0) is 8.39.